The molecule has 19 heavy (non-hydrogen) atoms. The third-order valence-electron chi connectivity index (χ3n) is 3.84. The summed E-state index contributed by atoms with van der Waals surface area (Å²) in [6.07, 6.45) is 4.51. The van der Waals surface area contributed by atoms with Crippen LogP contribution in [0.4, 0.5) is 0 Å². The van der Waals surface area contributed by atoms with Gasteiger partial charge in [-0.2, -0.15) is 0 Å². The predicted molar refractivity (Wildman–Crippen MR) is 80.2 cm³/mol. The number of nitrogens with zero attached hydrogens (tertiary/aromatic N) is 2. The Labute approximate surface area is 117 Å². The maximum atomic E-state index is 4.52. The lowest BCUT2D eigenvalue weighted by molar-refractivity contribution is 0.223. The highest BCUT2D eigenvalue weighted by Crippen LogP contribution is 2.20. The molecule has 1 aromatic rings. The van der Waals surface area contributed by atoms with E-state index in [2.05, 4.69) is 49.0 Å². The zero-order valence-corrected chi connectivity index (χ0v) is 12.7. The van der Waals surface area contributed by atoms with E-state index in [1.54, 1.807) is 0 Å². The van der Waals surface area contributed by atoms with Crippen molar-refractivity contribution in [2.24, 2.45) is 0 Å². The predicted octanol–water partition coefficient (Wildman–Crippen LogP) is 2.74. The van der Waals surface area contributed by atoms with Crippen molar-refractivity contribution in [3.8, 4) is 0 Å². The number of nitrogens with one attached hydrogen (secondary N) is 1. The summed E-state index contributed by atoms with van der Waals surface area (Å²) in [5.74, 6) is 0. The Morgan fingerprint density at radius 1 is 1.42 bits per heavy atom. The lowest BCUT2D eigenvalue weighted by Crippen LogP contribution is -2.45. The van der Waals surface area contributed by atoms with Crippen molar-refractivity contribution in [3.05, 3.63) is 29.6 Å². The Morgan fingerprint density at radius 3 is 2.89 bits per heavy atom. The summed E-state index contributed by atoms with van der Waals surface area (Å²) in [5, 5.41) is 3.63. The lowest BCUT2D eigenvalue weighted by atomic mass is 10.1. The van der Waals surface area contributed by atoms with Gasteiger partial charge in [-0.3, -0.25) is 9.88 Å². The van der Waals surface area contributed by atoms with Crippen molar-refractivity contribution in [1.29, 1.82) is 0 Å². The standard InChI is InChI=1S/C16H27N3/c1-13-7-5-9-17-15(13)12-19-10-6-8-14(19)11-18-16(2,3)4/h5,7,9,14,18H,6,8,10-12H2,1-4H3. The van der Waals surface area contributed by atoms with Crippen LogP contribution in [0.15, 0.2) is 18.3 Å². The third kappa shape index (κ3) is 4.29. The van der Waals surface area contributed by atoms with E-state index in [0.29, 0.717) is 6.04 Å². The smallest absolute Gasteiger partial charge is 0.0573 e. The van der Waals surface area contributed by atoms with Gasteiger partial charge in [-0.15, -0.1) is 0 Å². The molecule has 3 nitrogen and oxygen atoms in total. The van der Waals surface area contributed by atoms with Crippen LogP contribution >= 0.6 is 0 Å². The molecule has 0 saturated carbocycles. The first-order valence-electron chi connectivity index (χ1n) is 7.35. The molecule has 1 aliphatic heterocycles. The fourth-order valence-electron chi connectivity index (χ4n) is 2.63. The first-order chi connectivity index (χ1) is 8.96. The van der Waals surface area contributed by atoms with Crippen LogP contribution in [0.1, 0.15) is 44.9 Å². The number of pyridine rings is 1. The minimum atomic E-state index is 0.204. The van der Waals surface area contributed by atoms with Crippen molar-refractivity contribution in [3.63, 3.8) is 0 Å². The summed E-state index contributed by atoms with van der Waals surface area (Å²) < 4.78 is 0. The van der Waals surface area contributed by atoms with Crippen LogP contribution in [0.25, 0.3) is 0 Å². The van der Waals surface area contributed by atoms with E-state index in [0.717, 1.165) is 13.1 Å². The highest BCUT2D eigenvalue weighted by molar-refractivity contribution is 5.17. The SMILES string of the molecule is Cc1cccnc1CN1CCCC1CNC(C)(C)C. The molecule has 0 spiro atoms. The number of likely N-dealkylation sites (tertiary alicyclic amines) is 1. The van der Waals surface area contributed by atoms with Crippen LogP contribution in [0.3, 0.4) is 0 Å². The average Bonchev–Trinajstić information content (AvgIpc) is 2.76. The monoisotopic (exact) mass is 261 g/mol. The second-order valence-corrected chi connectivity index (χ2v) is 6.66. The van der Waals surface area contributed by atoms with Crippen molar-refractivity contribution in [2.75, 3.05) is 13.1 Å². The van der Waals surface area contributed by atoms with Crippen LogP contribution in [-0.4, -0.2) is 34.6 Å². The van der Waals surface area contributed by atoms with Gasteiger partial charge in [-0.1, -0.05) is 6.07 Å². The summed E-state index contributed by atoms with van der Waals surface area (Å²) in [7, 11) is 0. The van der Waals surface area contributed by atoms with E-state index in [1.807, 2.05) is 12.3 Å². The van der Waals surface area contributed by atoms with Gasteiger partial charge in [0.15, 0.2) is 0 Å². The largest absolute Gasteiger partial charge is 0.311 e. The van der Waals surface area contributed by atoms with Gasteiger partial charge in [-0.25, -0.2) is 0 Å². The Hall–Kier alpha value is -0.930. The minimum absolute atomic E-state index is 0.204. The van der Waals surface area contributed by atoms with Gasteiger partial charge in [0.2, 0.25) is 0 Å². The molecule has 0 bridgehead atoms. The van der Waals surface area contributed by atoms with E-state index in [-0.39, 0.29) is 5.54 Å². The maximum absolute atomic E-state index is 4.52. The van der Waals surface area contributed by atoms with Crippen molar-refractivity contribution in [2.45, 2.75) is 58.7 Å². The molecule has 1 saturated heterocycles. The molecular weight excluding hydrogens is 234 g/mol. The minimum Gasteiger partial charge on any atom is -0.311 e. The van der Waals surface area contributed by atoms with Crippen molar-refractivity contribution >= 4 is 0 Å². The van der Waals surface area contributed by atoms with Crippen LogP contribution < -0.4 is 5.32 Å². The van der Waals surface area contributed by atoms with Crippen LogP contribution in [0.2, 0.25) is 0 Å². The fourth-order valence-corrected chi connectivity index (χ4v) is 2.63. The summed E-state index contributed by atoms with van der Waals surface area (Å²) >= 11 is 0. The van der Waals surface area contributed by atoms with Gasteiger partial charge in [0.25, 0.3) is 0 Å². The molecule has 1 unspecified atom stereocenters. The van der Waals surface area contributed by atoms with Gasteiger partial charge in [0, 0.05) is 30.9 Å². The third-order valence-corrected chi connectivity index (χ3v) is 3.84. The number of aryl methyl sites for hydroxylation is 1. The number of hydrogen-bond donors (Lipinski definition) is 1. The summed E-state index contributed by atoms with van der Waals surface area (Å²) in [6, 6.07) is 4.82. The van der Waals surface area contributed by atoms with E-state index < -0.39 is 0 Å². The molecule has 1 aromatic heterocycles. The summed E-state index contributed by atoms with van der Waals surface area (Å²) in [4.78, 5) is 7.10. The Kier molecular flexibility index (Phi) is 4.58. The highest BCUT2D eigenvalue weighted by Gasteiger charge is 2.26. The van der Waals surface area contributed by atoms with Gasteiger partial charge < -0.3 is 5.32 Å². The highest BCUT2D eigenvalue weighted by atomic mass is 15.2. The second-order valence-electron chi connectivity index (χ2n) is 6.66. The molecule has 1 atom stereocenters. The first-order valence-corrected chi connectivity index (χ1v) is 7.35. The van der Waals surface area contributed by atoms with Gasteiger partial charge in [0.1, 0.15) is 0 Å². The first kappa shape index (κ1) is 14.5. The van der Waals surface area contributed by atoms with E-state index in [1.165, 1.54) is 30.6 Å². The van der Waals surface area contributed by atoms with Crippen LogP contribution in [0.5, 0.6) is 0 Å². The molecule has 0 amide bonds. The molecule has 2 heterocycles. The Bertz CT molecular complexity index is 409. The average molecular weight is 261 g/mol. The van der Waals surface area contributed by atoms with Crippen molar-refractivity contribution in [1.82, 2.24) is 15.2 Å². The summed E-state index contributed by atoms with van der Waals surface area (Å²) in [5.41, 5.74) is 2.73. The van der Waals surface area contributed by atoms with E-state index in [4.69, 9.17) is 0 Å². The molecule has 1 aliphatic rings. The van der Waals surface area contributed by atoms with Gasteiger partial charge in [0.05, 0.1) is 5.69 Å². The Balaban J connectivity index is 1.94. The quantitative estimate of drug-likeness (QED) is 0.903. The van der Waals surface area contributed by atoms with E-state index >= 15 is 0 Å². The molecular formula is C16H27N3. The number of aromatic nitrogens is 1. The van der Waals surface area contributed by atoms with Crippen LogP contribution in [-0.2, 0) is 6.54 Å². The molecule has 0 aliphatic carbocycles. The fraction of sp³-hybridized carbons (Fsp3) is 0.688. The summed E-state index contributed by atoms with van der Waals surface area (Å²) in [6.45, 7) is 12.1. The molecule has 3 heteroatoms. The molecule has 106 valence electrons. The van der Waals surface area contributed by atoms with Gasteiger partial charge >= 0.3 is 0 Å². The second kappa shape index (κ2) is 6.02. The molecule has 2 rings (SSSR count). The molecule has 0 aromatic carbocycles. The maximum Gasteiger partial charge on any atom is 0.0573 e. The zero-order valence-electron chi connectivity index (χ0n) is 12.7. The van der Waals surface area contributed by atoms with Gasteiger partial charge in [-0.05, 0) is 58.7 Å². The number of hydrogen-bond acceptors (Lipinski definition) is 3. The molecule has 1 N–H and O–H groups in total. The van der Waals surface area contributed by atoms with E-state index in [9.17, 15) is 0 Å². The van der Waals surface area contributed by atoms with Crippen molar-refractivity contribution < 1.29 is 0 Å². The number of rotatable bonds is 4. The topological polar surface area (TPSA) is 28.2 Å². The zero-order chi connectivity index (χ0) is 13.9. The normalized spacial score (nSPS) is 20.9. The van der Waals surface area contributed by atoms with Crippen LogP contribution in [0, 0.1) is 6.92 Å². The molecule has 1 fully saturated rings. The Morgan fingerprint density at radius 2 is 2.21 bits per heavy atom. The lowest BCUT2D eigenvalue weighted by Gasteiger charge is -2.29. The molecule has 0 radical (unpaired) electrons.